The molecule has 2 heteroatoms. The van der Waals surface area contributed by atoms with E-state index in [0.29, 0.717) is 6.04 Å². The lowest BCUT2D eigenvalue weighted by Crippen LogP contribution is -2.34. The molecule has 21 heavy (non-hydrogen) atoms. The largest absolute Gasteiger partial charge is 0.372 e. The molecule has 1 aliphatic carbocycles. The second-order valence-corrected chi connectivity index (χ2v) is 6.93. The van der Waals surface area contributed by atoms with Crippen molar-refractivity contribution in [2.45, 2.75) is 64.5 Å². The number of rotatable bonds is 5. The molecule has 3 rings (SSSR count). The summed E-state index contributed by atoms with van der Waals surface area (Å²) in [6.45, 7) is 5.85. The molecule has 2 nitrogen and oxygen atoms in total. The lowest BCUT2D eigenvalue weighted by atomic mass is 9.84. The van der Waals surface area contributed by atoms with Gasteiger partial charge in [0.15, 0.2) is 0 Å². The van der Waals surface area contributed by atoms with Gasteiger partial charge in [0, 0.05) is 31.4 Å². The Morgan fingerprint density at radius 1 is 1.00 bits per heavy atom. The zero-order chi connectivity index (χ0) is 14.5. The van der Waals surface area contributed by atoms with Gasteiger partial charge in [-0.2, -0.15) is 0 Å². The van der Waals surface area contributed by atoms with Crippen LogP contribution in [0.25, 0.3) is 0 Å². The Kier molecular flexibility index (Phi) is 5.18. The summed E-state index contributed by atoms with van der Waals surface area (Å²) in [6.07, 6.45) is 9.85. The van der Waals surface area contributed by atoms with Crippen molar-refractivity contribution in [1.82, 2.24) is 5.32 Å². The fourth-order valence-electron chi connectivity index (χ4n) is 3.88. The van der Waals surface area contributed by atoms with Gasteiger partial charge in [-0.05, 0) is 56.2 Å². The maximum absolute atomic E-state index is 3.74. The molecule has 2 aliphatic rings. The standard InChI is InChI=1S/C19H30N2/c1-16(18-7-3-2-4-8-18)20-15-17-9-11-19(12-10-17)21-13-5-6-14-21/h9-12,16,18,20H,2-8,13-15H2,1H3/t16-/m0/s1. The second kappa shape index (κ2) is 7.31. The monoisotopic (exact) mass is 286 g/mol. The van der Waals surface area contributed by atoms with Gasteiger partial charge >= 0.3 is 0 Å². The summed E-state index contributed by atoms with van der Waals surface area (Å²) in [5.74, 6) is 0.891. The molecule has 0 bridgehead atoms. The van der Waals surface area contributed by atoms with Gasteiger partial charge in [0.05, 0.1) is 0 Å². The highest BCUT2D eigenvalue weighted by Gasteiger charge is 2.19. The van der Waals surface area contributed by atoms with Gasteiger partial charge in [0.25, 0.3) is 0 Å². The van der Waals surface area contributed by atoms with Crippen molar-refractivity contribution in [2.75, 3.05) is 18.0 Å². The molecule has 0 aromatic heterocycles. The van der Waals surface area contributed by atoms with E-state index >= 15 is 0 Å². The van der Waals surface area contributed by atoms with E-state index in [1.807, 2.05) is 0 Å². The van der Waals surface area contributed by atoms with Crippen LogP contribution < -0.4 is 10.2 Å². The first-order valence-corrected chi connectivity index (χ1v) is 8.90. The van der Waals surface area contributed by atoms with Gasteiger partial charge in [0.2, 0.25) is 0 Å². The third kappa shape index (κ3) is 4.00. The number of hydrogen-bond acceptors (Lipinski definition) is 2. The Hall–Kier alpha value is -1.02. The Balaban J connectivity index is 1.48. The van der Waals surface area contributed by atoms with Crippen molar-refractivity contribution < 1.29 is 0 Å². The van der Waals surface area contributed by atoms with Crippen LogP contribution in [-0.4, -0.2) is 19.1 Å². The van der Waals surface area contributed by atoms with E-state index in [4.69, 9.17) is 0 Å². The van der Waals surface area contributed by atoms with Gasteiger partial charge in [0.1, 0.15) is 0 Å². The third-order valence-corrected chi connectivity index (χ3v) is 5.39. The van der Waals surface area contributed by atoms with Gasteiger partial charge in [-0.3, -0.25) is 0 Å². The summed E-state index contributed by atoms with van der Waals surface area (Å²) in [4.78, 5) is 2.50. The van der Waals surface area contributed by atoms with Crippen LogP contribution in [0.1, 0.15) is 57.4 Å². The zero-order valence-electron chi connectivity index (χ0n) is 13.5. The van der Waals surface area contributed by atoms with E-state index in [1.165, 1.54) is 69.3 Å². The van der Waals surface area contributed by atoms with Crippen molar-refractivity contribution in [3.8, 4) is 0 Å². The summed E-state index contributed by atoms with van der Waals surface area (Å²) in [6, 6.07) is 9.85. The van der Waals surface area contributed by atoms with Gasteiger partial charge in [-0.1, -0.05) is 31.4 Å². The van der Waals surface area contributed by atoms with Crippen LogP contribution in [-0.2, 0) is 6.54 Å². The first kappa shape index (κ1) is 14.9. The summed E-state index contributed by atoms with van der Waals surface area (Å²) < 4.78 is 0. The molecule has 1 atom stereocenters. The molecule has 1 aromatic carbocycles. The molecule has 0 amide bonds. The maximum Gasteiger partial charge on any atom is 0.0366 e. The number of benzene rings is 1. The molecule has 0 unspecified atom stereocenters. The van der Waals surface area contributed by atoms with E-state index in [1.54, 1.807) is 0 Å². The smallest absolute Gasteiger partial charge is 0.0366 e. The Bertz CT molecular complexity index is 414. The minimum Gasteiger partial charge on any atom is -0.372 e. The van der Waals surface area contributed by atoms with Crippen LogP contribution in [0.2, 0.25) is 0 Å². The van der Waals surface area contributed by atoms with E-state index in [-0.39, 0.29) is 0 Å². The number of nitrogens with one attached hydrogen (secondary N) is 1. The van der Waals surface area contributed by atoms with E-state index in [2.05, 4.69) is 41.4 Å². The molecular weight excluding hydrogens is 256 g/mol. The maximum atomic E-state index is 3.74. The Morgan fingerprint density at radius 2 is 1.67 bits per heavy atom. The lowest BCUT2D eigenvalue weighted by molar-refractivity contribution is 0.280. The Morgan fingerprint density at radius 3 is 2.33 bits per heavy atom. The van der Waals surface area contributed by atoms with Crippen LogP contribution in [0.4, 0.5) is 5.69 Å². The predicted octanol–water partition coefficient (Wildman–Crippen LogP) is 4.35. The van der Waals surface area contributed by atoms with Crippen molar-refractivity contribution in [2.24, 2.45) is 5.92 Å². The highest BCUT2D eigenvalue weighted by atomic mass is 15.1. The van der Waals surface area contributed by atoms with Crippen LogP contribution in [0.5, 0.6) is 0 Å². The highest BCUT2D eigenvalue weighted by molar-refractivity contribution is 5.48. The van der Waals surface area contributed by atoms with Crippen molar-refractivity contribution in [3.05, 3.63) is 29.8 Å². The Labute approximate surface area is 129 Å². The summed E-state index contributed by atoms with van der Waals surface area (Å²) >= 11 is 0. The molecule has 1 N–H and O–H groups in total. The van der Waals surface area contributed by atoms with E-state index in [9.17, 15) is 0 Å². The van der Waals surface area contributed by atoms with Crippen molar-refractivity contribution in [1.29, 1.82) is 0 Å². The summed E-state index contributed by atoms with van der Waals surface area (Å²) in [7, 11) is 0. The fourth-order valence-corrected chi connectivity index (χ4v) is 3.88. The average Bonchev–Trinajstić information content (AvgIpc) is 3.08. The third-order valence-electron chi connectivity index (χ3n) is 5.39. The molecular formula is C19H30N2. The van der Waals surface area contributed by atoms with Gasteiger partial charge < -0.3 is 10.2 Å². The van der Waals surface area contributed by atoms with Crippen LogP contribution in [0, 0.1) is 5.92 Å². The summed E-state index contributed by atoms with van der Waals surface area (Å²) in [5.41, 5.74) is 2.82. The minimum absolute atomic E-state index is 0.656. The normalized spacial score (nSPS) is 21.7. The van der Waals surface area contributed by atoms with Crippen molar-refractivity contribution >= 4 is 5.69 Å². The lowest BCUT2D eigenvalue weighted by Gasteiger charge is -2.28. The quantitative estimate of drug-likeness (QED) is 0.866. The minimum atomic E-state index is 0.656. The average molecular weight is 286 g/mol. The van der Waals surface area contributed by atoms with E-state index in [0.717, 1.165) is 12.5 Å². The molecule has 1 saturated heterocycles. The van der Waals surface area contributed by atoms with Crippen LogP contribution in [0.15, 0.2) is 24.3 Å². The molecule has 0 radical (unpaired) electrons. The van der Waals surface area contributed by atoms with E-state index < -0.39 is 0 Å². The predicted molar refractivity (Wildman–Crippen MR) is 90.8 cm³/mol. The number of hydrogen-bond donors (Lipinski definition) is 1. The van der Waals surface area contributed by atoms with Gasteiger partial charge in [-0.15, -0.1) is 0 Å². The number of anilines is 1. The van der Waals surface area contributed by atoms with Crippen LogP contribution >= 0.6 is 0 Å². The first-order valence-electron chi connectivity index (χ1n) is 8.90. The molecule has 1 saturated carbocycles. The SMILES string of the molecule is C[C@H](NCc1ccc(N2CCCC2)cc1)C1CCCCC1. The molecule has 0 spiro atoms. The zero-order valence-corrected chi connectivity index (χ0v) is 13.5. The fraction of sp³-hybridized carbons (Fsp3) is 0.684. The highest BCUT2D eigenvalue weighted by Crippen LogP contribution is 2.26. The van der Waals surface area contributed by atoms with Gasteiger partial charge in [-0.25, -0.2) is 0 Å². The molecule has 1 aromatic rings. The second-order valence-electron chi connectivity index (χ2n) is 6.93. The molecule has 2 fully saturated rings. The van der Waals surface area contributed by atoms with Crippen LogP contribution in [0.3, 0.4) is 0 Å². The molecule has 1 aliphatic heterocycles. The molecule has 1 heterocycles. The number of nitrogens with zero attached hydrogens (tertiary/aromatic N) is 1. The first-order chi connectivity index (χ1) is 10.3. The summed E-state index contributed by atoms with van der Waals surface area (Å²) in [5, 5.41) is 3.74. The topological polar surface area (TPSA) is 15.3 Å². The van der Waals surface area contributed by atoms with Crippen molar-refractivity contribution in [3.63, 3.8) is 0 Å². The molecule has 116 valence electrons.